The monoisotopic (exact) mass is 410 g/mol. The van der Waals surface area contributed by atoms with Crippen molar-refractivity contribution in [3.8, 4) is 0 Å². The fourth-order valence-corrected chi connectivity index (χ4v) is 4.11. The maximum absolute atomic E-state index is 13.9. The topological polar surface area (TPSA) is 59.5 Å². The number of fused-ring (bicyclic) bond motifs is 2. The zero-order chi connectivity index (χ0) is 20.8. The van der Waals surface area contributed by atoms with Gasteiger partial charge in [-0.3, -0.25) is 14.5 Å². The Balaban J connectivity index is 1.72. The highest BCUT2D eigenvalue weighted by molar-refractivity contribution is 7.19. The molecule has 5 nitrogen and oxygen atoms in total. The van der Waals surface area contributed by atoms with Gasteiger partial charge in [-0.1, -0.05) is 12.1 Å². The molecule has 4 rings (SSSR count). The Bertz CT molecular complexity index is 1130. The number of hydrogen-bond donors (Lipinski definition) is 0. The molecule has 0 saturated carbocycles. The zero-order valence-corrected chi connectivity index (χ0v) is 17.0. The molecule has 1 aliphatic heterocycles. The van der Waals surface area contributed by atoms with Gasteiger partial charge in [-0.05, 0) is 57.2 Å². The lowest BCUT2D eigenvalue weighted by Gasteiger charge is -2.22. The second-order valence-electron chi connectivity index (χ2n) is 7.72. The van der Waals surface area contributed by atoms with E-state index >= 15 is 0 Å². The van der Waals surface area contributed by atoms with Crippen molar-refractivity contribution in [3.05, 3.63) is 58.9 Å². The fourth-order valence-electron chi connectivity index (χ4n) is 3.20. The van der Waals surface area contributed by atoms with Crippen LogP contribution in [0.1, 0.15) is 31.3 Å². The van der Waals surface area contributed by atoms with Crippen LogP contribution in [0.2, 0.25) is 0 Å². The fraction of sp³-hybridized carbons (Fsp3) is 0.227. The molecule has 0 fully saturated rings. The molecular weight excluding hydrogens is 391 g/mol. The standard InChI is InChI=1S/C22H19FN2O3S/c1-22(2,3)28-20(26)12-25-17-10-13(23)8-9-14(17)15(21(25)27)11-19-24-16-6-4-5-7-18(16)29-19/h4-11H,12H2,1-3H3/b15-11+. The second kappa shape index (κ2) is 7.08. The Hall–Kier alpha value is -3.06. The summed E-state index contributed by atoms with van der Waals surface area (Å²) in [4.78, 5) is 31.2. The van der Waals surface area contributed by atoms with Crippen molar-refractivity contribution in [2.45, 2.75) is 26.4 Å². The summed E-state index contributed by atoms with van der Waals surface area (Å²) in [7, 11) is 0. The minimum atomic E-state index is -0.676. The first-order valence-corrected chi connectivity index (χ1v) is 9.94. The van der Waals surface area contributed by atoms with Crippen molar-refractivity contribution in [3.63, 3.8) is 0 Å². The average molecular weight is 410 g/mol. The first-order chi connectivity index (χ1) is 13.7. The van der Waals surface area contributed by atoms with E-state index in [1.54, 1.807) is 32.9 Å². The predicted octanol–water partition coefficient (Wildman–Crippen LogP) is 4.66. The quantitative estimate of drug-likeness (QED) is 0.465. The van der Waals surface area contributed by atoms with Crippen molar-refractivity contribution in [2.24, 2.45) is 0 Å². The number of ether oxygens (including phenoxy) is 1. The van der Waals surface area contributed by atoms with Crippen molar-refractivity contribution < 1.29 is 18.7 Å². The third kappa shape index (κ3) is 3.91. The lowest BCUT2D eigenvalue weighted by molar-refractivity contribution is -0.153. The molecule has 1 aromatic heterocycles. The number of carbonyl (C=O) groups is 2. The zero-order valence-electron chi connectivity index (χ0n) is 16.2. The summed E-state index contributed by atoms with van der Waals surface area (Å²) in [6, 6.07) is 11.8. The number of esters is 1. The van der Waals surface area contributed by atoms with Crippen LogP contribution in [0.4, 0.5) is 10.1 Å². The van der Waals surface area contributed by atoms with Gasteiger partial charge in [-0.15, -0.1) is 11.3 Å². The Kier molecular flexibility index (Phi) is 4.70. The minimum absolute atomic E-state index is 0.288. The van der Waals surface area contributed by atoms with Gasteiger partial charge < -0.3 is 4.74 Å². The Labute approximate surface area is 171 Å². The van der Waals surface area contributed by atoms with Gasteiger partial charge in [0.2, 0.25) is 0 Å². The Morgan fingerprint density at radius 3 is 2.72 bits per heavy atom. The normalized spacial score (nSPS) is 15.2. The van der Waals surface area contributed by atoms with E-state index in [2.05, 4.69) is 4.98 Å². The van der Waals surface area contributed by atoms with Crippen LogP contribution < -0.4 is 4.90 Å². The second-order valence-corrected chi connectivity index (χ2v) is 8.78. The van der Waals surface area contributed by atoms with Crippen molar-refractivity contribution in [1.29, 1.82) is 0 Å². The molecule has 0 radical (unpaired) electrons. The van der Waals surface area contributed by atoms with Crippen LogP contribution >= 0.6 is 11.3 Å². The number of para-hydroxylation sites is 1. The number of nitrogens with zero attached hydrogens (tertiary/aromatic N) is 2. The van der Waals surface area contributed by atoms with Gasteiger partial charge in [-0.2, -0.15) is 0 Å². The van der Waals surface area contributed by atoms with Crippen LogP contribution in [0.5, 0.6) is 0 Å². The van der Waals surface area contributed by atoms with Gasteiger partial charge in [-0.25, -0.2) is 9.37 Å². The molecule has 0 bridgehead atoms. The highest BCUT2D eigenvalue weighted by Crippen LogP contribution is 2.39. The van der Waals surface area contributed by atoms with E-state index in [1.165, 1.54) is 28.4 Å². The Morgan fingerprint density at radius 2 is 2.00 bits per heavy atom. The molecule has 0 aliphatic carbocycles. The molecule has 0 N–H and O–H groups in total. The number of carbonyl (C=O) groups excluding carboxylic acids is 2. The Morgan fingerprint density at radius 1 is 1.24 bits per heavy atom. The van der Waals surface area contributed by atoms with Gasteiger partial charge in [0, 0.05) is 5.56 Å². The van der Waals surface area contributed by atoms with Crippen LogP contribution in [-0.4, -0.2) is 29.0 Å². The predicted molar refractivity (Wildman–Crippen MR) is 112 cm³/mol. The highest BCUT2D eigenvalue weighted by Gasteiger charge is 2.35. The lowest BCUT2D eigenvalue weighted by Crippen LogP contribution is -2.36. The largest absolute Gasteiger partial charge is 0.459 e. The molecular formula is C22H19FN2O3S. The first-order valence-electron chi connectivity index (χ1n) is 9.12. The van der Waals surface area contributed by atoms with Crippen LogP contribution in [0, 0.1) is 5.82 Å². The van der Waals surface area contributed by atoms with Crippen LogP contribution in [0.3, 0.4) is 0 Å². The van der Waals surface area contributed by atoms with Gasteiger partial charge in [0.25, 0.3) is 5.91 Å². The summed E-state index contributed by atoms with van der Waals surface area (Å²) in [5, 5.41) is 0.670. The van der Waals surface area contributed by atoms with E-state index in [1.807, 2.05) is 24.3 Å². The molecule has 2 heterocycles. The van der Waals surface area contributed by atoms with Crippen LogP contribution in [0.25, 0.3) is 21.9 Å². The van der Waals surface area contributed by atoms with E-state index in [0.717, 1.165) is 10.2 Å². The summed E-state index contributed by atoms with van der Waals surface area (Å²) in [5.41, 5.74) is 1.47. The highest BCUT2D eigenvalue weighted by atomic mass is 32.1. The van der Waals surface area contributed by atoms with E-state index in [-0.39, 0.29) is 12.5 Å². The summed E-state index contributed by atoms with van der Waals surface area (Å²) >= 11 is 1.46. The summed E-state index contributed by atoms with van der Waals surface area (Å²) in [5.74, 6) is -1.41. The third-order valence-electron chi connectivity index (χ3n) is 4.30. The smallest absolute Gasteiger partial charge is 0.326 e. The van der Waals surface area contributed by atoms with E-state index in [0.29, 0.717) is 21.8 Å². The SMILES string of the molecule is CC(C)(C)OC(=O)CN1C(=O)/C(=C/c2nc3ccccc3s2)c2ccc(F)cc21. The summed E-state index contributed by atoms with van der Waals surface area (Å²) < 4.78 is 20.2. The molecule has 1 aliphatic rings. The number of rotatable bonds is 3. The maximum atomic E-state index is 13.9. The molecule has 0 saturated heterocycles. The number of thiazole rings is 1. The molecule has 0 unspecified atom stereocenters. The number of halogens is 1. The summed E-state index contributed by atoms with van der Waals surface area (Å²) in [6.45, 7) is 4.97. The lowest BCUT2D eigenvalue weighted by atomic mass is 10.1. The number of aromatic nitrogens is 1. The van der Waals surface area contributed by atoms with E-state index < -0.39 is 17.4 Å². The van der Waals surface area contributed by atoms with Crippen LogP contribution in [0.15, 0.2) is 42.5 Å². The summed E-state index contributed by atoms with van der Waals surface area (Å²) in [6.07, 6.45) is 1.69. The van der Waals surface area contributed by atoms with Crippen molar-refractivity contribution in [1.82, 2.24) is 4.98 Å². The molecule has 148 valence electrons. The molecule has 0 atom stereocenters. The number of anilines is 1. The molecule has 29 heavy (non-hydrogen) atoms. The van der Waals surface area contributed by atoms with Gasteiger partial charge in [0.05, 0.1) is 21.5 Å². The number of amides is 1. The molecule has 1 amide bonds. The van der Waals surface area contributed by atoms with Crippen molar-refractivity contribution in [2.75, 3.05) is 11.4 Å². The minimum Gasteiger partial charge on any atom is -0.459 e. The number of hydrogen-bond acceptors (Lipinski definition) is 5. The first kappa shape index (κ1) is 19.3. The van der Waals surface area contributed by atoms with Gasteiger partial charge >= 0.3 is 5.97 Å². The molecule has 2 aromatic carbocycles. The number of benzene rings is 2. The van der Waals surface area contributed by atoms with E-state index in [4.69, 9.17) is 4.74 Å². The van der Waals surface area contributed by atoms with Crippen molar-refractivity contribution >= 4 is 50.8 Å². The van der Waals surface area contributed by atoms with Crippen LogP contribution in [-0.2, 0) is 14.3 Å². The molecule has 3 aromatic rings. The van der Waals surface area contributed by atoms with E-state index in [9.17, 15) is 14.0 Å². The molecule has 7 heteroatoms. The van der Waals surface area contributed by atoms with Gasteiger partial charge in [0.1, 0.15) is 23.0 Å². The van der Waals surface area contributed by atoms with Gasteiger partial charge in [0.15, 0.2) is 0 Å². The molecule has 0 spiro atoms. The average Bonchev–Trinajstić information content (AvgIpc) is 3.14. The maximum Gasteiger partial charge on any atom is 0.326 e. The third-order valence-corrected chi connectivity index (χ3v) is 5.29.